The van der Waals surface area contributed by atoms with Gasteiger partial charge in [0.25, 0.3) is 0 Å². The van der Waals surface area contributed by atoms with E-state index in [1.165, 1.54) is 22.3 Å². The van der Waals surface area contributed by atoms with E-state index in [2.05, 4.69) is 105 Å². The van der Waals surface area contributed by atoms with Crippen LogP contribution in [0.5, 0.6) is 0 Å². The van der Waals surface area contributed by atoms with Gasteiger partial charge < -0.3 is 0 Å². The van der Waals surface area contributed by atoms with Crippen LogP contribution < -0.4 is 0 Å². The number of fused-ring (bicyclic) bond motifs is 1. The van der Waals surface area contributed by atoms with Crippen LogP contribution in [0.25, 0.3) is 0 Å². The highest BCUT2D eigenvalue weighted by molar-refractivity contribution is 9.10. The molecule has 2 heteroatoms. The number of hydrogen-bond donors (Lipinski definition) is 0. The lowest BCUT2D eigenvalue weighted by atomic mass is 9.91. The minimum Gasteiger partial charge on any atom is -0.0620 e. The lowest BCUT2D eigenvalue weighted by Gasteiger charge is -2.13. The first-order chi connectivity index (χ1) is 11.2. The summed E-state index contributed by atoms with van der Waals surface area (Å²) in [6, 6.07) is 26.5. The molecule has 2 unspecified atom stereocenters. The van der Waals surface area contributed by atoms with Crippen LogP contribution in [0, 0.1) is 0 Å². The molecule has 0 saturated carbocycles. The monoisotopic (exact) mass is 426 g/mol. The summed E-state index contributed by atoms with van der Waals surface area (Å²) in [5, 5.41) is 0. The van der Waals surface area contributed by atoms with Gasteiger partial charge in [0.1, 0.15) is 0 Å². The third-order valence-corrected chi connectivity index (χ3v) is 5.82. The maximum Gasteiger partial charge on any atom is 0.0175 e. The van der Waals surface area contributed by atoms with Gasteiger partial charge in [-0.05, 0) is 52.9 Å². The van der Waals surface area contributed by atoms with Gasteiger partial charge in [0, 0.05) is 20.8 Å². The Hall–Kier alpha value is -1.38. The fourth-order valence-corrected chi connectivity index (χ4v) is 4.19. The van der Waals surface area contributed by atoms with Crippen molar-refractivity contribution in [2.24, 2.45) is 0 Å². The number of halogens is 2. The van der Waals surface area contributed by atoms with Crippen molar-refractivity contribution in [2.45, 2.75) is 18.3 Å². The zero-order chi connectivity index (χ0) is 15.8. The highest BCUT2D eigenvalue weighted by Gasteiger charge is 2.32. The smallest absolute Gasteiger partial charge is 0.0175 e. The van der Waals surface area contributed by atoms with Crippen LogP contribution >= 0.6 is 31.9 Å². The fourth-order valence-electron chi connectivity index (χ4n) is 3.66. The van der Waals surface area contributed by atoms with Gasteiger partial charge >= 0.3 is 0 Å². The Morgan fingerprint density at radius 3 is 1.35 bits per heavy atom. The van der Waals surface area contributed by atoms with Crippen LogP contribution in [0.15, 0.2) is 81.7 Å². The predicted molar refractivity (Wildman–Crippen MR) is 103 cm³/mol. The molecule has 0 radical (unpaired) electrons. The van der Waals surface area contributed by atoms with Crippen LogP contribution in [0.1, 0.15) is 40.5 Å². The summed E-state index contributed by atoms with van der Waals surface area (Å²) in [6.45, 7) is 0. The summed E-state index contributed by atoms with van der Waals surface area (Å²) < 4.78 is 2.27. The average Bonchev–Trinajstić information content (AvgIpc) is 2.96. The molecule has 0 aliphatic heterocycles. The Bertz CT molecular complexity index is 749. The molecule has 4 rings (SSSR count). The zero-order valence-electron chi connectivity index (χ0n) is 12.5. The minimum absolute atomic E-state index is 0.480. The molecule has 3 aromatic carbocycles. The van der Waals surface area contributed by atoms with Crippen LogP contribution in [-0.2, 0) is 0 Å². The molecule has 0 fully saturated rings. The third-order valence-electron chi connectivity index (χ3n) is 4.76. The molecule has 1 aliphatic rings. The van der Waals surface area contributed by atoms with E-state index in [-0.39, 0.29) is 0 Å². The molecule has 0 nitrogen and oxygen atoms in total. The molecule has 0 bridgehead atoms. The van der Waals surface area contributed by atoms with E-state index in [4.69, 9.17) is 0 Å². The van der Waals surface area contributed by atoms with Gasteiger partial charge in [-0.2, -0.15) is 0 Å². The van der Waals surface area contributed by atoms with Crippen molar-refractivity contribution < 1.29 is 0 Å². The molecule has 1 aliphatic carbocycles. The largest absolute Gasteiger partial charge is 0.0620 e. The van der Waals surface area contributed by atoms with Crippen molar-refractivity contribution in [3.63, 3.8) is 0 Å². The van der Waals surface area contributed by atoms with Crippen molar-refractivity contribution >= 4 is 31.9 Å². The molecule has 23 heavy (non-hydrogen) atoms. The standard InChI is InChI=1S/C21H16Br2/c22-16-9-5-14(6-10-16)20-13-21(15-7-11-17(23)12-8-15)19-4-2-1-3-18(19)20/h1-12,20-21H,13H2. The zero-order valence-corrected chi connectivity index (χ0v) is 15.7. The maximum absolute atomic E-state index is 3.54. The molecular formula is C21H16Br2. The third kappa shape index (κ3) is 2.90. The van der Waals surface area contributed by atoms with Gasteiger partial charge in [-0.25, -0.2) is 0 Å². The van der Waals surface area contributed by atoms with Crippen molar-refractivity contribution in [2.75, 3.05) is 0 Å². The van der Waals surface area contributed by atoms with E-state index in [1.807, 2.05) is 0 Å². The summed E-state index contributed by atoms with van der Waals surface area (Å²) in [6.07, 6.45) is 1.14. The predicted octanol–water partition coefficient (Wildman–Crippen LogP) is 6.88. The second kappa shape index (κ2) is 6.26. The van der Waals surface area contributed by atoms with E-state index < -0.39 is 0 Å². The average molecular weight is 428 g/mol. The molecule has 0 heterocycles. The molecule has 0 aromatic heterocycles. The highest BCUT2D eigenvalue weighted by Crippen LogP contribution is 2.48. The van der Waals surface area contributed by atoms with Gasteiger partial charge in [0.05, 0.1) is 0 Å². The Morgan fingerprint density at radius 2 is 0.957 bits per heavy atom. The Balaban J connectivity index is 1.77. The summed E-state index contributed by atoms with van der Waals surface area (Å²) in [7, 11) is 0. The first kappa shape index (κ1) is 15.2. The van der Waals surface area contributed by atoms with E-state index in [0.717, 1.165) is 15.4 Å². The topological polar surface area (TPSA) is 0 Å². The first-order valence-corrected chi connectivity index (χ1v) is 9.41. The first-order valence-electron chi connectivity index (χ1n) is 7.82. The molecule has 114 valence electrons. The number of benzene rings is 3. The van der Waals surface area contributed by atoms with Crippen molar-refractivity contribution in [1.29, 1.82) is 0 Å². The maximum atomic E-state index is 3.54. The van der Waals surface area contributed by atoms with Crippen molar-refractivity contribution in [1.82, 2.24) is 0 Å². The minimum atomic E-state index is 0.480. The SMILES string of the molecule is Brc1ccc(C2CC(c3ccc(Br)cc3)c3ccccc32)cc1. The lowest BCUT2D eigenvalue weighted by Crippen LogP contribution is -1.97. The van der Waals surface area contributed by atoms with E-state index in [0.29, 0.717) is 11.8 Å². The fraction of sp³-hybridized carbons (Fsp3) is 0.143. The van der Waals surface area contributed by atoms with Gasteiger partial charge in [-0.3, -0.25) is 0 Å². The molecule has 0 spiro atoms. The summed E-state index contributed by atoms with van der Waals surface area (Å²) >= 11 is 7.07. The highest BCUT2D eigenvalue weighted by atomic mass is 79.9. The van der Waals surface area contributed by atoms with Crippen molar-refractivity contribution in [3.05, 3.63) is 104 Å². The molecule has 2 atom stereocenters. The Labute approximate surface area is 153 Å². The van der Waals surface area contributed by atoms with Crippen LogP contribution in [0.2, 0.25) is 0 Å². The van der Waals surface area contributed by atoms with Crippen molar-refractivity contribution in [3.8, 4) is 0 Å². The quantitative estimate of drug-likeness (QED) is 0.418. The molecular weight excluding hydrogens is 412 g/mol. The summed E-state index contributed by atoms with van der Waals surface area (Å²) in [5.74, 6) is 0.959. The van der Waals surface area contributed by atoms with Gasteiger partial charge in [-0.1, -0.05) is 80.4 Å². The summed E-state index contributed by atoms with van der Waals surface area (Å²) in [5.41, 5.74) is 5.76. The Morgan fingerprint density at radius 1 is 0.565 bits per heavy atom. The van der Waals surface area contributed by atoms with Gasteiger partial charge in [-0.15, -0.1) is 0 Å². The van der Waals surface area contributed by atoms with Crippen LogP contribution in [-0.4, -0.2) is 0 Å². The van der Waals surface area contributed by atoms with Gasteiger partial charge in [0.2, 0.25) is 0 Å². The second-order valence-corrected chi connectivity index (χ2v) is 7.90. The van der Waals surface area contributed by atoms with E-state index in [1.54, 1.807) is 0 Å². The molecule has 0 amide bonds. The summed E-state index contributed by atoms with van der Waals surface area (Å²) in [4.78, 5) is 0. The normalized spacial score (nSPS) is 19.6. The molecule has 0 N–H and O–H groups in total. The molecule has 3 aromatic rings. The Kier molecular flexibility index (Phi) is 4.13. The molecule has 0 saturated heterocycles. The number of rotatable bonds is 2. The number of hydrogen-bond acceptors (Lipinski definition) is 0. The van der Waals surface area contributed by atoms with E-state index in [9.17, 15) is 0 Å². The lowest BCUT2D eigenvalue weighted by molar-refractivity contribution is 0.715. The van der Waals surface area contributed by atoms with Crippen LogP contribution in [0.3, 0.4) is 0 Å². The van der Waals surface area contributed by atoms with Crippen LogP contribution in [0.4, 0.5) is 0 Å². The van der Waals surface area contributed by atoms with Gasteiger partial charge in [0.15, 0.2) is 0 Å². The second-order valence-electron chi connectivity index (χ2n) is 6.07. The van der Waals surface area contributed by atoms with E-state index >= 15 is 0 Å².